The van der Waals surface area contributed by atoms with Crippen LogP contribution in [0, 0.1) is 0 Å². The van der Waals surface area contributed by atoms with E-state index in [0.717, 1.165) is 5.56 Å². The fraction of sp³-hybridized carbons (Fsp3) is 0.316. The second-order valence-electron chi connectivity index (χ2n) is 6.37. The molecule has 0 saturated heterocycles. The number of hydrogen-bond acceptors (Lipinski definition) is 2. The van der Waals surface area contributed by atoms with Crippen molar-refractivity contribution in [3.63, 3.8) is 0 Å². The Bertz CT molecular complexity index is 670. The first-order valence-corrected chi connectivity index (χ1v) is 7.47. The number of amides is 1. The van der Waals surface area contributed by atoms with Gasteiger partial charge in [-0.3, -0.25) is 0 Å². The highest BCUT2D eigenvalue weighted by atomic mass is 16.6. The Balaban J connectivity index is 2.05. The molecule has 0 spiro atoms. The number of rotatable bonds is 4. The molecule has 1 N–H and O–H groups in total. The van der Waals surface area contributed by atoms with Gasteiger partial charge in [0, 0.05) is 0 Å². The topological polar surface area (TPSA) is 38.3 Å². The monoisotopic (exact) mass is 297 g/mol. The van der Waals surface area contributed by atoms with Crippen LogP contribution in [0.25, 0.3) is 10.8 Å². The minimum atomic E-state index is -0.501. The van der Waals surface area contributed by atoms with Gasteiger partial charge in [-0.2, -0.15) is 0 Å². The van der Waals surface area contributed by atoms with E-state index in [2.05, 4.69) is 42.2 Å². The van der Waals surface area contributed by atoms with E-state index in [4.69, 9.17) is 4.74 Å². The van der Waals surface area contributed by atoms with Crippen molar-refractivity contribution in [1.82, 2.24) is 5.32 Å². The van der Waals surface area contributed by atoms with Crippen molar-refractivity contribution in [2.24, 2.45) is 0 Å². The molecule has 1 amide bonds. The zero-order valence-corrected chi connectivity index (χ0v) is 13.4. The molecule has 0 aliphatic rings. The van der Waals surface area contributed by atoms with Crippen LogP contribution in [-0.2, 0) is 11.2 Å². The first kappa shape index (κ1) is 16.1. The van der Waals surface area contributed by atoms with Gasteiger partial charge in [0.25, 0.3) is 0 Å². The summed E-state index contributed by atoms with van der Waals surface area (Å²) in [5.74, 6) is 0. The maximum Gasteiger partial charge on any atom is 0.408 e. The van der Waals surface area contributed by atoms with Gasteiger partial charge in [-0.25, -0.2) is 4.79 Å². The average Bonchev–Trinajstić information content (AvgIpc) is 2.44. The van der Waals surface area contributed by atoms with Crippen LogP contribution >= 0.6 is 0 Å². The molecule has 3 heteroatoms. The van der Waals surface area contributed by atoms with Crippen LogP contribution in [0.3, 0.4) is 0 Å². The van der Waals surface area contributed by atoms with Gasteiger partial charge in [0.15, 0.2) is 0 Å². The molecule has 2 aromatic rings. The predicted octanol–water partition coefficient (Wildman–Crippen LogP) is 4.46. The molecule has 0 radical (unpaired) electrons. The number of carbonyl (C=O) groups is 1. The number of ether oxygens (including phenoxy) is 1. The van der Waals surface area contributed by atoms with Crippen molar-refractivity contribution in [2.45, 2.75) is 38.8 Å². The molecule has 116 valence electrons. The van der Waals surface area contributed by atoms with Crippen molar-refractivity contribution < 1.29 is 9.53 Å². The number of carbonyl (C=O) groups excluding carboxylic acids is 1. The summed E-state index contributed by atoms with van der Waals surface area (Å²) in [4.78, 5) is 11.8. The second-order valence-corrected chi connectivity index (χ2v) is 6.37. The average molecular weight is 297 g/mol. The van der Waals surface area contributed by atoms with Crippen molar-refractivity contribution in [2.75, 3.05) is 0 Å². The zero-order chi connectivity index (χ0) is 16.2. The van der Waals surface area contributed by atoms with Crippen LogP contribution in [0.15, 0.2) is 55.1 Å². The van der Waals surface area contributed by atoms with E-state index in [1.165, 1.54) is 10.8 Å². The molecule has 0 aliphatic heterocycles. The van der Waals surface area contributed by atoms with E-state index < -0.39 is 11.7 Å². The molecule has 3 nitrogen and oxygen atoms in total. The van der Waals surface area contributed by atoms with Crippen LogP contribution in [0.2, 0.25) is 0 Å². The SMILES string of the molecule is C=C[C@@H](Cc1ccc2ccccc2c1)NC(=O)OC(C)(C)C. The van der Waals surface area contributed by atoms with E-state index in [1.54, 1.807) is 6.08 Å². The molecule has 2 rings (SSSR count). The molecule has 22 heavy (non-hydrogen) atoms. The van der Waals surface area contributed by atoms with Gasteiger partial charge >= 0.3 is 6.09 Å². The highest BCUT2D eigenvalue weighted by molar-refractivity contribution is 5.83. The van der Waals surface area contributed by atoms with Gasteiger partial charge < -0.3 is 10.1 Å². The maximum atomic E-state index is 11.8. The molecular formula is C19H23NO2. The second kappa shape index (κ2) is 6.65. The summed E-state index contributed by atoms with van der Waals surface area (Å²) in [6.45, 7) is 9.34. The number of fused-ring (bicyclic) bond motifs is 1. The van der Waals surface area contributed by atoms with Crippen LogP contribution < -0.4 is 5.32 Å². The number of benzene rings is 2. The molecule has 1 atom stereocenters. The van der Waals surface area contributed by atoms with Gasteiger partial charge in [-0.15, -0.1) is 6.58 Å². The quantitative estimate of drug-likeness (QED) is 0.846. The smallest absolute Gasteiger partial charge is 0.408 e. The fourth-order valence-electron chi connectivity index (χ4n) is 2.27. The Morgan fingerprint density at radius 3 is 2.55 bits per heavy atom. The molecule has 0 aliphatic carbocycles. The van der Waals surface area contributed by atoms with E-state index in [0.29, 0.717) is 6.42 Å². The minimum absolute atomic E-state index is 0.156. The summed E-state index contributed by atoms with van der Waals surface area (Å²) < 4.78 is 5.28. The summed E-state index contributed by atoms with van der Waals surface area (Å²) in [5.41, 5.74) is 0.651. The third-order valence-corrected chi connectivity index (χ3v) is 3.26. The lowest BCUT2D eigenvalue weighted by molar-refractivity contribution is 0.0514. The third kappa shape index (κ3) is 4.62. The standard InChI is InChI=1S/C19H23NO2/c1-5-17(20-18(21)22-19(2,3)4)13-14-10-11-15-8-6-7-9-16(15)12-14/h5-12,17H,1,13H2,2-4H3,(H,20,21)/t17-/m0/s1. The Kier molecular flexibility index (Phi) is 4.86. The Morgan fingerprint density at radius 1 is 1.23 bits per heavy atom. The van der Waals surface area contributed by atoms with Gasteiger partial charge in [0.2, 0.25) is 0 Å². The van der Waals surface area contributed by atoms with Crippen LogP contribution in [0.5, 0.6) is 0 Å². The zero-order valence-electron chi connectivity index (χ0n) is 13.4. The van der Waals surface area contributed by atoms with Gasteiger partial charge in [0.05, 0.1) is 6.04 Å². The van der Waals surface area contributed by atoms with E-state index >= 15 is 0 Å². The Hall–Kier alpha value is -2.29. The van der Waals surface area contributed by atoms with Crippen LogP contribution in [0.4, 0.5) is 4.79 Å². The molecular weight excluding hydrogens is 274 g/mol. The first-order valence-electron chi connectivity index (χ1n) is 7.47. The molecule has 0 unspecified atom stereocenters. The summed E-state index contributed by atoms with van der Waals surface area (Å²) in [6, 6.07) is 14.4. The van der Waals surface area contributed by atoms with E-state index in [1.807, 2.05) is 32.9 Å². The first-order chi connectivity index (χ1) is 10.4. The highest BCUT2D eigenvalue weighted by Crippen LogP contribution is 2.17. The minimum Gasteiger partial charge on any atom is -0.444 e. The summed E-state index contributed by atoms with van der Waals surface area (Å²) in [6.07, 6.45) is 2.00. The number of nitrogens with one attached hydrogen (secondary N) is 1. The van der Waals surface area contributed by atoms with Crippen molar-refractivity contribution in [3.05, 3.63) is 60.7 Å². The van der Waals surface area contributed by atoms with Crippen LogP contribution in [0.1, 0.15) is 26.3 Å². The highest BCUT2D eigenvalue weighted by Gasteiger charge is 2.18. The van der Waals surface area contributed by atoms with E-state index in [9.17, 15) is 4.79 Å². The van der Waals surface area contributed by atoms with Gasteiger partial charge in [0.1, 0.15) is 5.60 Å². The summed E-state index contributed by atoms with van der Waals surface area (Å²) in [7, 11) is 0. The van der Waals surface area contributed by atoms with Crippen molar-refractivity contribution in [1.29, 1.82) is 0 Å². The fourth-order valence-corrected chi connectivity index (χ4v) is 2.27. The molecule has 2 aromatic carbocycles. The normalized spacial score (nSPS) is 12.7. The lowest BCUT2D eigenvalue weighted by atomic mass is 10.0. The Morgan fingerprint density at radius 2 is 1.91 bits per heavy atom. The third-order valence-electron chi connectivity index (χ3n) is 3.26. The molecule has 0 aromatic heterocycles. The Labute approximate surface area is 132 Å². The van der Waals surface area contributed by atoms with Crippen molar-refractivity contribution in [3.8, 4) is 0 Å². The van der Waals surface area contributed by atoms with E-state index in [-0.39, 0.29) is 6.04 Å². The maximum absolute atomic E-state index is 11.8. The predicted molar refractivity (Wildman–Crippen MR) is 91.0 cm³/mol. The summed E-state index contributed by atoms with van der Waals surface area (Å²) >= 11 is 0. The molecule has 0 heterocycles. The lowest BCUT2D eigenvalue weighted by Crippen LogP contribution is -2.39. The van der Waals surface area contributed by atoms with Crippen LogP contribution in [-0.4, -0.2) is 17.7 Å². The van der Waals surface area contributed by atoms with Crippen molar-refractivity contribution >= 4 is 16.9 Å². The molecule has 0 fully saturated rings. The molecule has 0 bridgehead atoms. The lowest BCUT2D eigenvalue weighted by Gasteiger charge is -2.22. The van der Waals surface area contributed by atoms with Gasteiger partial charge in [-0.05, 0) is 43.5 Å². The number of alkyl carbamates (subject to hydrolysis) is 1. The van der Waals surface area contributed by atoms with Gasteiger partial charge in [-0.1, -0.05) is 48.5 Å². The largest absolute Gasteiger partial charge is 0.444 e. The molecule has 0 saturated carbocycles. The number of hydrogen-bond donors (Lipinski definition) is 1. The summed E-state index contributed by atoms with van der Waals surface area (Å²) in [5, 5.41) is 5.24.